The molecule has 1 aromatic carbocycles. The number of anilines is 1. The molecule has 9 heteroatoms. The summed E-state index contributed by atoms with van der Waals surface area (Å²) in [6, 6.07) is 1.85. The fourth-order valence-electron chi connectivity index (χ4n) is 1.48. The molecule has 0 radical (unpaired) electrons. The molecule has 2 N–H and O–H groups in total. The Bertz CT molecular complexity index is 659. The molecule has 0 atom stereocenters. The number of benzene rings is 1. The number of aromatic nitrogens is 3. The number of carboxylic acid groups (broad SMARTS) is 1. The Morgan fingerprint density at radius 2 is 2.11 bits per heavy atom. The van der Waals surface area contributed by atoms with Gasteiger partial charge in [-0.25, -0.2) is 18.3 Å². The highest BCUT2D eigenvalue weighted by Gasteiger charge is 2.19. The third-order valence-electron chi connectivity index (χ3n) is 2.32. The average Bonchev–Trinajstić information content (AvgIpc) is 2.65. The Morgan fingerprint density at radius 3 is 2.74 bits per heavy atom. The van der Waals surface area contributed by atoms with Crippen LogP contribution in [0.1, 0.15) is 0 Å². The van der Waals surface area contributed by atoms with Crippen LogP contribution in [0, 0.1) is 11.6 Å². The molecule has 1 heterocycles. The number of nitrogens with zero attached hydrogens (tertiary/aromatic N) is 3. The van der Waals surface area contributed by atoms with E-state index in [2.05, 4.69) is 26.2 Å². The van der Waals surface area contributed by atoms with Gasteiger partial charge < -0.3 is 5.11 Å². The minimum absolute atomic E-state index is 0.0367. The van der Waals surface area contributed by atoms with Crippen LogP contribution in [0.5, 0.6) is 0 Å². The zero-order valence-electron chi connectivity index (χ0n) is 9.49. The van der Waals surface area contributed by atoms with Crippen molar-refractivity contribution in [3.05, 3.63) is 28.2 Å². The molecule has 1 aromatic heterocycles. The van der Waals surface area contributed by atoms with Gasteiger partial charge in [0.25, 0.3) is 0 Å². The third-order valence-corrected chi connectivity index (χ3v) is 2.92. The number of rotatable bonds is 2. The summed E-state index contributed by atoms with van der Waals surface area (Å²) in [4.78, 5) is 10.7. The first-order valence-corrected chi connectivity index (χ1v) is 5.74. The highest BCUT2D eigenvalue weighted by Crippen LogP contribution is 2.30. The van der Waals surface area contributed by atoms with E-state index in [4.69, 9.17) is 5.11 Å². The van der Waals surface area contributed by atoms with Crippen molar-refractivity contribution >= 4 is 27.8 Å². The third kappa shape index (κ3) is 2.55. The number of nitrogens with one attached hydrogen (secondary N) is 1. The van der Waals surface area contributed by atoms with Crippen molar-refractivity contribution in [3.63, 3.8) is 0 Å². The molecule has 19 heavy (non-hydrogen) atoms. The van der Waals surface area contributed by atoms with Gasteiger partial charge in [0.2, 0.25) is 0 Å². The van der Waals surface area contributed by atoms with E-state index in [1.807, 2.05) is 5.32 Å². The number of halogens is 3. The van der Waals surface area contributed by atoms with Gasteiger partial charge in [0.1, 0.15) is 17.3 Å². The van der Waals surface area contributed by atoms with Crippen molar-refractivity contribution < 1.29 is 18.7 Å². The Kier molecular flexibility index (Phi) is 3.47. The van der Waals surface area contributed by atoms with Gasteiger partial charge in [0, 0.05) is 12.6 Å². The van der Waals surface area contributed by atoms with E-state index in [1.54, 1.807) is 0 Å². The maximum atomic E-state index is 13.8. The smallest absolute Gasteiger partial charge is 0.410 e. The van der Waals surface area contributed by atoms with E-state index < -0.39 is 17.7 Å². The molecule has 100 valence electrons. The zero-order chi connectivity index (χ0) is 14.2. The highest BCUT2D eigenvalue weighted by molar-refractivity contribution is 9.10. The lowest BCUT2D eigenvalue weighted by molar-refractivity contribution is 0.209. The van der Waals surface area contributed by atoms with Crippen LogP contribution in [0.4, 0.5) is 19.4 Å². The molecule has 0 aliphatic heterocycles. The Balaban J connectivity index is 2.59. The van der Waals surface area contributed by atoms with Crippen molar-refractivity contribution in [1.82, 2.24) is 15.0 Å². The first kappa shape index (κ1) is 13.4. The molecule has 0 fully saturated rings. The molecule has 0 unspecified atom stereocenters. The maximum absolute atomic E-state index is 13.8. The number of hydrogen-bond donors (Lipinski definition) is 2. The van der Waals surface area contributed by atoms with E-state index in [1.165, 1.54) is 7.05 Å². The lowest BCUT2D eigenvalue weighted by Gasteiger charge is -2.05. The van der Waals surface area contributed by atoms with Crippen LogP contribution in [-0.4, -0.2) is 26.2 Å². The van der Waals surface area contributed by atoms with Crippen molar-refractivity contribution in [2.24, 2.45) is 7.05 Å². The molecule has 0 spiro atoms. The monoisotopic (exact) mass is 332 g/mol. The summed E-state index contributed by atoms with van der Waals surface area (Å²) in [5.74, 6) is -1.49. The minimum Gasteiger partial charge on any atom is -0.465 e. The predicted octanol–water partition coefficient (Wildman–Crippen LogP) is 2.61. The first-order chi connectivity index (χ1) is 8.90. The van der Waals surface area contributed by atoms with Crippen LogP contribution in [0.3, 0.4) is 0 Å². The number of aryl methyl sites for hydroxylation is 1. The van der Waals surface area contributed by atoms with E-state index in [0.29, 0.717) is 0 Å². The van der Waals surface area contributed by atoms with Crippen LogP contribution in [0.2, 0.25) is 0 Å². The molecule has 1 amide bonds. The molecule has 2 rings (SSSR count). The van der Waals surface area contributed by atoms with Crippen LogP contribution < -0.4 is 5.32 Å². The van der Waals surface area contributed by atoms with E-state index >= 15 is 0 Å². The summed E-state index contributed by atoms with van der Waals surface area (Å²) in [5, 5.41) is 17.9. The van der Waals surface area contributed by atoms with E-state index in [-0.39, 0.29) is 21.5 Å². The van der Waals surface area contributed by atoms with Crippen molar-refractivity contribution in [3.8, 4) is 11.3 Å². The van der Waals surface area contributed by atoms with Gasteiger partial charge in [-0.15, -0.1) is 5.10 Å². The van der Waals surface area contributed by atoms with Crippen molar-refractivity contribution in [2.75, 3.05) is 5.32 Å². The fraction of sp³-hybridized carbons (Fsp3) is 0.100. The molecule has 0 aliphatic carbocycles. The van der Waals surface area contributed by atoms with Gasteiger partial charge in [0.15, 0.2) is 5.82 Å². The second kappa shape index (κ2) is 4.92. The summed E-state index contributed by atoms with van der Waals surface area (Å²) < 4.78 is 28.3. The standard InChI is InChI=1S/C10H7BrF2N4O2/c1-17-9(14-10(18)19)8(15-16-17)4-2-7(13)5(11)3-6(4)12/h2-3,14H,1H3,(H,18,19). The van der Waals surface area contributed by atoms with Gasteiger partial charge in [-0.2, -0.15) is 0 Å². The van der Waals surface area contributed by atoms with Crippen molar-refractivity contribution in [2.45, 2.75) is 0 Å². The van der Waals surface area contributed by atoms with Crippen molar-refractivity contribution in [1.29, 1.82) is 0 Å². The second-order valence-corrected chi connectivity index (χ2v) is 4.44. The summed E-state index contributed by atoms with van der Waals surface area (Å²) in [5.41, 5.74) is -0.272. The zero-order valence-corrected chi connectivity index (χ0v) is 11.1. The number of hydrogen-bond acceptors (Lipinski definition) is 3. The fourth-order valence-corrected chi connectivity index (χ4v) is 1.80. The van der Waals surface area contributed by atoms with Crippen LogP contribution >= 0.6 is 15.9 Å². The maximum Gasteiger partial charge on any atom is 0.410 e. The lowest BCUT2D eigenvalue weighted by atomic mass is 10.1. The van der Waals surface area contributed by atoms with Crippen LogP contribution in [0.15, 0.2) is 16.6 Å². The Morgan fingerprint density at radius 1 is 1.42 bits per heavy atom. The minimum atomic E-state index is -1.36. The van der Waals surface area contributed by atoms with E-state index in [9.17, 15) is 13.6 Å². The summed E-state index contributed by atoms with van der Waals surface area (Å²) in [6.45, 7) is 0. The van der Waals surface area contributed by atoms with Gasteiger partial charge in [-0.3, -0.25) is 5.32 Å². The number of carbonyl (C=O) groups is 1. The molecule has 0 saturated carbocycles. The van der Waals surface area contributed by atoms with Gasteiger partial charge >= 0.3 is 6.09 Å². The average molecular weight is 333 g/mol. The Hall–Kier alpha value is -2.03. The molecule has 6 nitrogen and oxygen atoms in total. The largest absolute Gasteiger partial charge is 0.465 e. The SMILES string of the molecule is Cn1nnc(-c2cc(F)c(Br)cc2F)c1NC(=O)O. The van der Waals surface area contributed by atoms with Crippen LogP contribution in [-0.2, 0) is 7.05 Å². The predicted molar refractivity (Wildman–Crippen MR) is 65.7 cm³/mol. The highest BCUT2D eigenvalue weighted by atomic mass is 79.9. The second-order valence-electron chi connectivity index (χ2n) is 3.59. The summed E-state index contributed by atoms with van der Waals surface area (Å²) in [7, 11) is 1.43. The lowest BCUT2D eigenvalue weighted by Crippen LogP contribution is -2.12. The first-order valence-electron chi connectivity index (χ1n) is 4.94. The van der Waals surface area contributed by atoms with Gasteiger partial charge in [0.05, 0.1) is 4.47 Å². The summed E-state index contributed by atoms with van der Waals surface area (Å²) >= 11 is 2.85. The van der Waals surface area contributed by atoms with Gasteiger partial charge in [-0.05, 0) is 28.1 Å². The topological polar surface area (TPSA) is 80.0 Å². The molecular weight excluding hydrogens is 326 g/mol. The molecular formula is C10H7BrF2N4O2. The normalized spacial score (nSPS) is 10.5. The number of amides is 1. The van der Waals surface area contributed by atoms with Gasteiger partial charge in [-0.1, -0.05) is 5.21 Å². The molecule has 0 bridgehead atoms. The molecule has 0 aliphatic rings. The molecule has 0 saturated heterocycles. The quantitative estimate of drug-likeness (QED) is 0.828. The van der Waals surface area contributed by atoms with Crippen LogP contribution in [0.25, 0.3) is 11.3 Å². The Labute approximate surface area is 114 Å². The molecule has 2 aromatic rings. The van der Waals surface area contributed by atoms with E-state index in [0.717, 1.165) is 16.8 Å². The summed E-state index contributed by atoms with van der Waals surface area (Å²) in [6.07, 6.45) is -1.36.